The number of rotatable bonds is 9. The maximum absolute atomic E-state index is 9.86. The zero-order valence-corrected chi connectivity index (χ0v) is 11.7. The molecule has 0 spiro atoms. The van der Waals surface area contributed by atoms with Crippen LogP contribution >= 0.6 is 0 Å². The Balaban J connectivity index is 2.04. The highest BCUT2D eigenvalue weighted by molar-refractivity contribution is 4.70. The van der Waals surface area contributed by atoms with Gasteiger partial charge in [0, 0.05) is 39.9 Å². The first kappa shape index (κ1) is 15.9. The van der Waals surface area contributed by atoms with Crippen molar-refractivity contribution < 1.29 is 14.6 Å². The summed E-state index contributed by atoms with van der Waals surface area (Å²) in [5.74, 6) is 0. The van der Waals surface area contributed by atoms with E-state index in [-0.39, 0.29) is 6.10 Å². The molecule has 0 aliphatic carbocycles. The van der Waals surface area contributed by atoms with Gasteiger partial charge in [0.1, 0.15) is 0 Å². The van der Waals surface area contributed by atoms with E-state index in [1.165, 1.54) is 12.8 Å². The minimum atomic E-state index is -0.338. The molecule has 0 amide bonds. The number of aliphatic hydroxyl groups excluding tert-OH is 1. The number of likely N-dealkylation sites (N-methyl/N-ethyl adjacent to an activating group) is 1. The van der Waals surface area contributed by atoms with E-state index in [9.17, 15) is 5.11 Å². The summed E-state index contributed by atoms with van der Waals surface area (Å²) >= 11 is 0. The zero-order chi connectivity index (χ0) is 13.2. The fraction of sp³-hybridized carbons (Fsp3) is 1.00. The monoisotopic (exact) mass is 260 g/mol. The molecule has 18 heavy (non-hydrogen) atoms. The molecule has 1 aliphatic heterocycles. The number of nitrogens with zero attached hydrogens (tertiary/aromatic N) is 1. The van der Waals surface area contributed by atoms with Crippen molar-refractivity contribution in [3.63, 3.8) is 0 Å². The van der Waals surface area contributed by atoms with Crippen LogP contribution in [-0.2, 0) is 9.47 Å². The van der Waals surface area contributed by atoms with Crippen molar-refractivity contribution >= 4 is 0 Å². The van der Waals surface area contributed by atoms with Gasteiger partial charge in [-0.1, -0.05) is 0 Å². The van der Waals surface area contributed by atoms with Crippen LogP contribution in [0.25, 0.3) is 0 Å². The molecule has 0 bridgehead atoms. The summed E-state index contributed by atoms with van der Waals surface area (Å²) in [6, 6.07) is 0. The third-order valence-corrected chi connectivity index (χ3v) is 3.17. The van der Waals surface area contributed by atoms with Gasteiger partial charge in [0.05, 0.1) is 18.8 Å². The Kier molecular flexibility index (Phi) is 8.54. The number of methoxy groups -OCH3 is 1. The predicted molar refractivity (Wildman–Crippen MR) is 71.8 cm³/mol. The van der Waals surface area contributed by atoms with Crippen molar-refractivity contribution in [1.82, 2.24) is 10.2 Å². The number of hydrogen-bond donors (Lipinski definition) is 2. The molecular formula is C13H28N2O3. The number of aliphatic hydroxyl groups is 1. The summed E-state index contributed by atoms with van der Waals surface area (Å²) in [7, 11) is 3.71. The molecule has 2 N–H and O–H groups in total. The Morgan fingerprint density at radius 2 is 2.33 bits per heavy atom. The summed E-state index contributed by atoms with van der Waals surface area (Å²) in [6.07, 6.45) is 3.60. The average Bonchev–Trinajstić information content (AvgIpc) is 2.35. The second kappa shape index (κ2) is 9.69. The van der Waals surface area contributed by atoms with Crippen molar-refractivity contribution in [3.05, 3.63) is 0 Å². The van der Waals surface area contributed by atoms with Gasteiger partial charge in [-0.3, -0.25) is 0 Å². The third-order valence-electron chi connectivity index (χ3n) is 3.17. The number of ether oxygens (including phenoxy) is 2. The molecule has 5 nitrogen and oxygen atoms in total. The Morgan fingerprint density at radius 3 is 3.00 bits per heavy atom. The van der Waals surface area contributed by atoms with Crippen molar-refractivity contribution in [2.75, 3.05) is 53.6 Å². The Morgan fingerprint density at radius 1 is 1.50 bits per heavy atom. The lowest BCUT2D eigenvalue weighted by Gasteiger charge is -2.28. The molecule has 1 aliphatic rings. The van der Waals surface area contributed by atoms with Gasteiger partial charge in [-0.15, -0.1) is 0 Å². The first-order chi connectivity index (χ1) is 8.72. The molecule has 0 aromatic heterocycles. The summed E-state index contributed by atoms with van der Waals surface area (Å²) in [6.45, 7) is 4.55. The van der Waals surface area contributed by atoms with Crippen LogP contribution in [0.1, 0.15) is 19.3 Å². The van der Waals surface area contributed by atoms with Crippen LogP contribution in [0, 0.1) is 0 Å². The molecule has 1 rings (SSSR count). The van der Waals surface area contributed by atoms with E-state index >= 15 is 0 Å². The van der Waals surface area contributed by atoms with E-state index in [4.69, 9.17) is 9.47 Å². The molecule has 0 aromatic carbocycles. The molecule has 1 saturated heterocycles. The van der Waals surface area contributed by atoms with Gasteiger partial charge >= 0.3 is 0 Å². The highest BCUT2D eigenvalue weighted by atomic mass is 16.5. The summed E-state index contributed by atoms with van der Waals surface area (Å²) in [5, 5.41) is 13.0. The smallest absolute Gasteiger partial charge is 0.0791 e. The van der Waals surface area contributed by atoms with E-state index in [1.807, 2.05) is 7.05 Å². The fourth-order valence-electron chi connectivity index (χ4n) is 2.24. The van der Waals surface area contributed by atoms with Crippen LogP contribution in [0.15, 0.2) is 0 Å². The van der Waals surface area contributed by atoms with Gasteiger partial charge in [-0.25, -0.2) is 0 Å². The molecular weight excluding hydrogens is 232 g/mol. The highest BCUT2D eigenvalue weighted by Crippen LogP contribution is 2.13. The number of hydrogen-bond acceptors (Lipinski definition) is 5. The second-order valence-corrected chi connectivity index (χ2v) is 5.06. The lowest BCUT2D eigenvalue weighted by Crippen LogP contribution is -2.41. The van der Waals surface area contributed by atoms with Crippen molar-refractivity contribution in [1.29, 1.82) is 0 Å². The van der Waals surface area contributed by atoms with Crippen molar-refractivity contribution in [2.45, 2.75) is 31.5 Å². The standard InChI is InChI=1S/C13H28N2O3/c1-15(11-13-5-3-4-7-18-13)10-12(16)9-14-6-8-17-2/h12-14,16H,3-11H2,1-2H3. The number of nitrogens with one attached hydrogen (secondary N) is 1. The maximum atomic E-state index is 9.86. The van der Waals surface area contributed by atoms with E-state index in [1.54, 1.807) is 7.11 Å². The van der Waals surface area contributed by atoms with E-state index in [0.717, 1.165) is 26.1 Å². The largest absolute Gasteiger partial charge is 0.390 e. The van der Waals surface area contributed by atoms with Crippen LogP contribution < -0.4 is 5.32 Å². The molecule has 108 valence electrons. The lowest BCUT2D eigenvalue weighted by atomic mass is 10.1. The van der Waals surface area contributed by atoms with Gasteiger partial charge in [0.15, 0.2) is 0 Å². The maximum Gasteiger partial charge on any atom is 0.0791 e. The summed E-state index contributed by atoms with van der Waals surface area (Å²) in [5.41, 5.74) is 0. The Bertz CT molecular complexity index is 199. The topological polar surface area (TPSA) is 54.0 Å². The van der Waals surface area contributed by atoms with Crippen LogP contribution in [-0.4, -0.2) is 75.8 Å². The predicted octanol–water partition coefficient (Wildman–Crippen LogP) is 0.0842. The van der Waals surface area contributed by atoms with E-state index in [0.29, 0.717) is 25.8 Å². The summed E-state index contributed by atoms with van der Waals surface area (Å²) in [4.78, 5) is 2.15. The zero-order valence-electron chi connectivity index (χ0n) is 11.7. The molecule has 1 heterocycles. The minimum absolute atomic E-state index is 0.338. The highest BCUT2D eigenvalue weighted by Gasteiger charge is 2.17. The van der Waals surface area contributed by atoms with E-state index < -0.39 is 0 Å². The normalized spacial score (nSPS) is 22.3. The van der Waals surface area contributed by atoms with Gasteiger partial charge in [0.2, 0.25) is 0 Å². The van der Waals surface area contributed by atoms with Gasteiger partial charge in [-0.05, 0) is 26.3 Å². The average molecular weight is 260 g/mol. The lowest BCUT2D eigenvalue weighted by molar-refractivity contribution is -0.00773. The molecule has 0 radical (unpaired) electrons. The summed E-state index contributed by atoms with van der Waals surface area (Å²) < 4.78 is 10.6. The fourth-order valence-corrected chi connectivity index (χ4v) is 2.24. The molecule has 0 aromatic rings. The van der Waals surface area contributed by atoms with Gasteiger partial charge in [0.25, 0.3) is 0 Å². The minimum Gasteiger partial charge on any atom is -0.390 e. The second-order valence-electron chi connectivity index (χ2n) is 5.06. The van der Waals surface area contributed by atoms with E-state index in [2.05, 4.69) is 10.2 Å². The van der Waals surface area contributed by atoms with Crippen LogP contribution in [0.4, 0.5) is 0 Å². The van der Waals surface area contributed by atoms with Crippen LogP contribution in [0.5, 0.6) is 0 Å². The Hall–Kier alpha value is -0.200. The van der Waals surface area contributed by atoms with Gasteiger partial charge < -0.3 is 24.8 Å². The Labute approximate surface area is 110 Å². The van der Waals surface area contributed by atoms with Crippen LogP contribution in [0.3, 0.4) is 0 Å². The third kappa shape index (κ3) is 7.28. The molecule has 0 saturated carbocycles. The quantitative estimate of drug-likeness (QED) is 0.575. The van der Waals surface area contributed by atoms with Gasteiger partial charge in [-0.2, -0.15) is 0 Å². The molecule has 1 fully saturated rings. The van der Waals surface area contributed by atoms with Crippen molar-refractivity contribution in [2.24, 2.45) is 0 Å². The van der Waals surface area contributed by atoms with Crippen LogP contribution in [0.2, 0.25) is 0 Å². The first-order valence-electron chi connectivity index (χ1n) is 6.90. The first-order valence-corrected chi connectivity index (χ1v) is 6.90. The molecule has 2 atom stereocenters. The SMILES string of the molecule is COCCNCC(O)CN(C)CC1CCCCO1. The van der Waals surface area contributed by atoms with Crippen molar-refractivity contribution in [3.8, 4) is 0 Å². The molecule has 2 unspecified atom stereocenters. The molecule has 5 heteroatoms.